The molecule has 0 radical (unpaired) electrons. The summed E-state index contributed by atoms with van der Waals surface area (Å²) < 4.78 is 0. The second-order valence-corrected chi connectivity index (χ2v) is 5.09. The molecule has 1 aliphatic carbocycles. The van der Waals surface area contributed by atoms with Gasteiger partial charge in [0, 0.05) is 6.20 Å². The number of rotatable bonds is 3. The Morgan fingerprint density at radius 3 is 3.11 bits per heavy atom. The van der Waals surface area contributed by atoms with Crippen molar-refractivity contribution in [2.75, 3.05) is 5.32 Å². The molecule has 1 saturated carbocycles. The highest BCUT2D eigenvalue weighted by atomic mass is 16.4. The lowest BCUT2D eigenvalue weighted by Gasteiger charge is -2.37. The molecule has 19 heavy (non-hydrogen) atoms. The van der Waals surface area contributed by atoms with Gasteiger partial charge in [0.2, 0.25) is 5.95 Å². The molecule has 1 aromatic heterocycles. The summed E-state index contributed by atoms with van der Waals surface area (Å²) in [6, 6.07) is 3.40. The summed E-state index contributed by atoms with van der Waals surface area (Å²) in [7, 11) is 0. The van der Waals surface area contributed by atoms with Gasteiger partial charge in [-0.1, -0.05) is 19.8 Å². The average molecular weight is 260 g/mol. The Morgan fingerprint density at radius 2 is 2.47 bits per heavy atom. The van der Waals surface area contributed by atoms with Gasteiger partial charge < -0.3 is 10.4 Å². The van der Waals surface area contributed by atoms with Crippen molar-refractivity contribution in [2.24, 2.45) is 5.92 Å². The van der Waals surface area contributed by atoms with Crippen molar-refractivity contribution >= 4 is 11.9 Å². The molecule has 0 aromatic carbocycles. The van der Waals surface area contributed by atoms with Gasteiger partial charge in [-0.15, -0.1) is 0 Å². The van der Waals surface area contributed by atoms with Crippen LogP contribution in [-0.4, -0.2) is 26.6 Å². The van der Waals surface area contributed by atoms with Gasteiger partial charge in [0.05, 0.1) is 0 Å². The highest BCUT2D eigenvalue weighted by molar-refractivity contribution is 5.82. The number of hydrogen-bond acceptors (Lipinski definition) is 5. The molecule has 1 aliphatic rings. The monoisotopic (exact) mass is 260 g/mol. The number of carboxylic acid groups (broad SMARTS) is 1. The minimum absolute atomic E-state index is 0.204. The molecule has 2 unspecified atom stereocenters. The lowest BCUT2D eigenvalue weighted by Crippen LogP contribution is -2.50. The molecule has 6 nitrogen and oxygen atoms in total. The molecule has 6 heteroatoms. The third-order valence-electron chi connectivity index (χ3n) is 3.53. The van der Waals surface area contributed by atoms with Crippen LogP contribution in [0.2, 0.25) is 0 Å². The van der Waals surface area contributed by atoms with Crippen molar-refractivity contribution in [3.63, 3.8) is 0 Å². The number of hydrogen-bond donors (Lipinski definition) is 2. The van der Waals surface area contributed by atoms with Crippen molar-refractivity contribution in [1.82, 2.24) is 9.97 Å². The second kappa shape index (κ2) is 5.22. The quantitative estimate of drug-likeness (QED) is 0.859. The fourth-order valence-corrected chi connectivity index (χ4v) is 2.61. The van der Waals surface area contributed by atoms with Crippen molar-refractivity contribution in [3.05, 3.63) is 18.0 Å². The topological polar surface area (TPSA) is 98.9 Å². The Kier molecular flexibility index (Phi) is 3.65. The number of anilines is 1. The first-order valence-electron chi connectivity index (χ1n) is 6.30. The van der Waals surface area contributed by atoms with Crippen LogP contribution >= 0.6 is 0 Å². The molecular weight excluding hydrogens is 244 g/mol. The van der Waals surface area contributed by atoms with Crippen molar-refractivity contribution in [1.29, 1.82) is 5.26 Å². The van der Waals surface area contributed by atoms with Crippen LogP contribution in [0.5, 0.6) is 0 Å². The van der Waals surface area contributed by atoms with E-state index in [0.29, 0.717) is 18.8 Å². The Bertz CT molecular complexity index is 526. The van der Waals surface area contributed by atoms with Crippen molar-refractivity contribution in [3.8, 4) is 6.07 Å². The molecule has 0 amide bonds. The van der Waals surface area contributed by atoms with E-state index in [1.807, 2.05) is 13.0 Å². The van der Waals surface area contributed by atoms with Gasteiger partial charge in [-0.05, 0) is 24.8 Å². The van der Waals surface area contributed by atoms with Crippen LogP contribution in [0.1, 0.15) is 38.3 Å². The summed E-state index contributed by atoms with van der Waals surface area (Å²) in [6.07, 6.45) is 4.44. The van der Waals surface area contributed by atoms with Gasteiger partial charge in [-0.3, -0.25) is 0 Å². The summed E-state index contributed by atoms with van der Waals surface area (Å²) in [5.41, 5.74) is -0.798. The molecular formula is C13H16N4O2. The minimum Gasteiger partial charge on any atom is -0.480 e. The molecule has 2 atom stereocenters. The Labute approximate surface area is 111 Å². The van der Waals surface area contributed by atoms with Crippen LogP contribution in [0, 0.1) is 17.2 Å². The number of carboxylic acids is 1. The largest absolute Gasteiger partial charge is 0.480 e. The molecule has 0 aliphatic heterocycles. The van der Waals surface area contributed by atoms with Gasteiger partial charge in [0.1, 0.15) is 17.3 Å². The number of nitrogens with zero attached hydrogens (tertiary/aromatic N) is 3. The summed E-state index contributed by atoms with van der Waals surface area (Å²) in [5.74, 6) is -0.336. The van der Waals surface area contributed by atoms with Gasteiger partial charge in [0.15, 0.2) is 0 Å². The smallest absolute Gasteiger partial charge is 0.329 e. The average Bonchev–Trinajstić information content (AvgIpc) is 2.38. The van der Waals surface area contributed by atoms with Crippen LogP contribution in [0.15, 0.2) is 12.3 Å². The van der Waals surface area contributed by atoms with Gasteiger partial charge in [-0.2, -0.15) is 5.26 Å². The zero-order valence-electron chi connectivity index (χ0n) is 10.8. The summed E-state index contributed by atoms with van der Waals surface area (Å²) in [5, 5.41) is 21.2. The fourth-order valence-electron chi connectivity index (χ4n) is 2.61. The van der Waals surface area contributed by atoms with E-state index < -0.39 is 11.5 Å². The maximum atomic E-state index is 11.6. The Hall–Kier alpha value is -2.16. The zero-order valence-corrected chi connectivity index (χ0v) is 10.8. The molecule has 100 valence electrons. The first-order chi connectivity index (χ1) is 9.05. The fraction of sp³-hybridized carbons (Fsp3) is 0.538. The van der Waals surface area contributed by atoms with Crippen LogP contribution in [0.3, 0.4) is 0 Å². The van der Waals surface area contributed by atoms with Crippen molar-refractivity contribution in [2.45, 2.75) is 38.1 Å². The van der Waals surface area contributed by atoms with Crippen LogP contribution in [0.25, 0.3) is 0 Å². The van der Waals surface area contributed by atoms with Gasteiger partial charge in [0.25, 0.3) is 0 Å². The minimum atomic E-state index is -1.02. The van der Waals surface area contributed by atoms with Crippen molar-refractivity contribution < 1.29 is 9.90 Å². The predicted molar refractivity (Wildman–Crippen MR) is 68.4 cm³/mol. The first kappa shape index (κ1) is 13.3. The predicted octanol–water partition coefficient (Wildman–Crippen LogP) is 1.79. The number of aromatic nitrogens is 2. The van der Waals surface area contributed by atoms with Crippen LogP contribution in [0.4, 0.5) is 5.95 Å². The molecule has 2 rings (SSSR count). The molecule has 0 bridgehead atoms. The van der Waals surface area contributed by atoms with E-state index in [1.54, 1.807) is 0 Å². The Balaban J connectivity index is 2.26. The zero-order chi connectivity index (χ0) is 13.9. The second-order valence-electron chi connectivity index (χ2n) is 5.09. The normalized spacial score (nSPS) is 26.4. The van der Waals surface area contributed by atoms with Gasteiger partial charge in [-0.25, -0.2) is 14.8 Å². The van der Waals surface area contributed by atoms with E-state index in [-0.39, 0.29) is 11.6 Å². The molecule has 1 aromatic rings. The summed E-state index contributed by atoms with van der Waals surface area (Å²) in [4.78, 5) is 19.6. The van der Waals surface area contributed by atoms with E-state index in [2.05, 4.69) is 15.3 Å². The van der Waals surface area contributed by atoms with Gasteiger partial charge >= 0.3 is 5.97 Å². The number of nitrogens with one attached hydrogen (secondary N) is 1. The number of aliphatic carboxylic acids is 1. The first-order valence-corrected chi connectivity index (χ1v) is 6.30. The lowest BCUT2D eigenvalue weighted by atomic mass is 9.76. The van der Waals surface area contributed by atoms with E-state index in [9.17, 15) is 9.90 Å². The van der Waals surface area contributed by atoms with Crippen LogP contribution < -0.4 is 5.32 Å². The summed E-state index contributed by atoms with van der Waals surface area (Å²) >= 11 is 0. The molecule has 1 fully saturated rings. The third kappa shape index (κ3) is 2.81. The summed E-state index contributed by atoms with van der Waals surface area (Å²) in [6.45, 7) is 2.05. The molecule has 1 heterocycles. The highest BCUT2D eigenvalue weighted by Gasteiger charge is 2.42. The maximum Gasteiger partial charge on any atom is 0.329 e. The highest BCUT2D eigenvalue weighted by Crippen LogP contribution is 2.34. The molecule has 0 saturated heterocycles. The van der Waals surface area contributed by atoms with E-state index in [1.165, 1.54) is 12.3 Å². The third-order valence-corrected chi connectivity index (χ3v) is 3.53. The lowest BCUT2D eigenvalue weighted by molar-refractivity contribution is -0.144. The van der Waals surface area contributed by atoms with Crippen LogP contribution in [-0.2, 0) is 4.79 Å². The number of nitriles is 1. The van der Waals surface area contributed by atoms with E-state index in [4.69, 9.17) is 5.26 Å². The van der Waals surface area contributed by atoms with E-state index >= 15 is 0 Å². The molecule has 0 spiro atoms. The SMILES string of the molecule is CC1CCCC(Nc2nccc(C#N)n2)(C(=O)O)C1. The molecule has 2 N–H and O–H groups in total. The van der Waals surface area contributed by atoms with E-state index in [0.717, 1.165) is 12.8 Å². The maximum absolute atomic E-state index is 11.6. The standard InChI is InChI=1S/C13H16N4O2/c1-9-3-2-5-13(7-9,11(18)19)17-12-15-6-4-10(8-14)16-12/h4,6,9H,2-3,5,7H2,1H3,(H,18,19)(H,15,16,17). The Morgan fingerprint density at radius 1 is 1.68 bits per heavy atom. The number of carbonyl (C=O) groups is 1.